The Hall–Kier alpha value is -2.14. The summed E-state index contributed by atoms with van der Waals surface area (Å²) in [6.45, 7) is 3.85. The van der Waals surface area contributed by atoms with Crippen molar-refractivity contribution in [3.63, 3.8) is 0 Å². The topological polar surface area (TPSA) is 50.7 Å². The van der Waals surface area contributed by atoms with Crippen LogP contribution in [0.2, 0.25) is 0 Å². The third-order valence-corrected chi connectivity index (χ3v) is 3.72. The lowest BCUT2D eigenvalue weighted by Gasteiger charge is -2.08. The fourth-order valence-electron chi connectivity index (χ4n) is 1.79. The summed E-state index contributed by atoms with van der Waals surface area (Å²) >= 11 is 3.41. The largest absolute Gasteiger partial charge is 0.483 e. The Labute approximate surface area is 138 Å². The molecule has 0 aliphatic rings. The Bertz CT molecular complexity index is 699. The van der Waals surface area contributed by atoms with E-state index in [1.54, 1.807) is 6.21 Å². The molecule has 2 rings (SSSR count). The van der Waals surface area contributed by atoms with Gasteiger partial charge in [0.2, 0.25) is 0 Å². The normalized spacial score (nSPS) is 10.7. The van der Waals surface area contributed by atoms with Gasteiger partial charge in [-0.1, -0.05) is 46.3 Å². The summed E-state index contributed by atoms with van der Waals surface area (Å²) in [5.41, 5.74) is 5.42. The van der Waals surface area contributed by atoms with Crippen LogP contribution in [-0.4, -0.2) is 18.7 Å². The van der Waals surface area contributed by atoms with Crippen molar-refractivity contribution in [1.82, 2.24) is 5.43 Å². The highest BCUT2D eigenvalue weighted by Gasteiger charge is 2.04. The van der Waals surface area contributed by atoms with E-state index in [0.717, 1.165) is 21.2 Å². The van der Waals surface area contributed by atoms with Crippen molar-refractivity contribution in [2.75, 3.05) is 6.61 Å². The second-order valence-corrected chi connectivity index (χ2v) is 5.73. The monoisotopic (exact) mass is 360 g/mol. The number of carbonyl (C=O) groups is 1. The number of amides is 1. The van der Waals surface area contributed by atoms with Gasteiger partial charge in [-0.15, -0.1) is 0 Å². The molecule has 0 aromatic heterocycles. The number of carbonyl (C=O) groups excluding carboxylic acids is 1. The maximum atomic E-state index is 11.7. The van der Waals surface area contributed by atoms with E-state index in [0.29, 0.717) is 5.75 Å². The summed E-state index contributed by atoms with van der Waals surface area (Å²) in [6, 6.07) is 13.5. The van der Waals surface area contributed by atoms with Crippen molar-refractivity contribution < 1.29 is 9.53 Å². The minimum absolute atomic E-state index is 0.0718. The first kappa shape index (κ1) is 16.2. The Kier molecular flexibility index (Phi) is 5.72. The molecule has 0 unspecified atom stereocenters. The molecule has 0 bridgehead atoms. The lowest BCUT2D eigenvalue weighted by molar-refractivity contribution is -0.123. The Morgan fingerprint density at radius 2 is 2.05 bits per heavy atom. The van der Waals surface area contributed by atoms with Crippen LogP contribution in [0.3, 0.4) is 0 Å². The average Bonchev–Trinajstić information content (AvgIpc) is 2.50. The zero-order valence-electron chi connectivity index (χ0n) is 12.5. The van der Waals surface area contributed by atoms with E-state index in [9.17, 15) is 4.79 Å². The summed E-state index contributed by atoms with van der Waals surface area (Å²) in [6.07, 6.45) is 1.58. The van der Waals surface area contributed by atoms with Gasteiger partial charge in [-0.05, 0) is 37.1 Å². The molecule has 1 amide bonds. The number of aryl methyl sites for hydroxylation is 2. The molecule has 0 saturated carbocycles. The van der Waals surface area contributed by atoms with Crippen molar-refractivity contribution in [2.24, 2.45) is 5.10 Å². The number of nitrogens with one attached hydrogen (secondary N) is 1. The molecule has 0 heterocycles. The van der Waals surface area contributed by atoms with Crippen LogP contribution in [0.25, 0.3) is 0 Å². The Morgan fingerprint density at radius 3 is 2.82 bits per heavy atom. The molecule has 5 heteroatoms. The van der Waals surface area contributed by atoms with Crippen molar-refractivity contribution in [3.8, 4) is 5.75 Å². The van der Waals surface area contributed by atoms with E-state index in [-0.39, 0.29) is 12.5 Å². The summed E-state index contributed by atoms with van der Waals surface area (Å²) in [7, 11) is 0. The van der Waals surface area contributed by atoms with Crippen LogP contribution in [0, 0.1) is 13.8 Å². The van der Waals surface area contributed by atoms with E-state index < -0.39 is 0 Å². The van der Waals surface area contributed by atoms with Crippen LogP contribution in [0.4, 0.5) is 0 Å². The quantitative estimate of drug-likeness (QED) is 0.654. The maximum absolute atomic E-state index is 11.7. The molecule has 22 heavy (non-hydrogen) atoms. The molecule has 2 aromatic carbocycles. The lowest BCUT2D eigenvalue weighted by atomic mass is 10.1. The molecule has 4 nitrogen and oxygen atoms in total. The number of hydrazone groups is 1. The first-order valence-electron chi connectivity index (χ1n) is 6.83. The van der Waals surface area contributed by atoms with Gasteiger partial charge in [-0.25, -0.2) is 5.43 Å². The summed E-state index contributed by atoms with van der Waals surface area (Å²) < 4.78 is 6.43. The molecule has 2 aromatic rings. The smallest absolute Gasteiger partial charge is 0.277 e. The van der Waals surface area contributed by atoms with Gasteiger partial charge >= 0.3 is 0 Å². The van der Waals surface area contributed by atoms with E-state index in [1.807, 2.05) is 56.3 Å². The molecule has 114 valence electrons. The predicted octanol–water partition coefficient (Wildman–Crippen LogP) is 3.60. The van der Waals surface area contributed by atoms with Crippen molar-refractivity contribution in [2.45, 2.75) is 13.8 Å². The molecular weight excluding hydrogens is 344 g/mol. The van der Waals surface area contributed by atoms with Gasteiger partial charge in [0.1, 0.15) is 5.75 Å². The van der Waals surface area contributed by atoms with Gasteiger partial charge in [-0.2, -0.15) is 5.10 Å². The average molecular weight is 361 g/mol. The van der Waals surface area contributed by atoms with Gasteiger partial charge in [-0.3, -0.25) is 4.79 Å². The highest BCUT2D eigenvalue weighted by molar-refractivity contribution is 9.10. The molecular formula is C17H17BrN2O2. The van der Waals surface area contributed by atoms with Crippen molar-refractivity contribution >= 4 is 28.1 Å². The molecule has 0 spiro atoms. The Balaban J connectivity index is 1.86. The molecule has 0 saturated heterocycles. The number of ether oxygens (including phenoxy) is 1. The van der Waals surface area contributed by atoms with Crippen LogP contribution >= 0.6 is 15.9 Å². The highest BCUT2D eigenvalue weighted by Crippen LogP contribution is 2.18. The van der Waals surface area contributed by atoms with E-state index in [4.69, 9.17) is 4.74 Å². The number of hydrogen-bond donors (Lipinski definition) is 1. The molecule has 0 fully saturated rings. The molecule has 0 atom stereocenters. The van der Waals surface area contributed by atoms with Crippen LogP contribution in [0.1, 0.15) is 16.7 Å². The maximum Gasteiger partial charge on any atom is 0.277 e. The summed E-state index contributed by atoms with van der Waals surface area (Å²) in [4.78, 5) is 11.7. The summed E-state index contributed by atoms with van der Waals surface area (Å²) in [5, 5.41) is 3.92. The lowest BCUT2D eigenvalue weighted by Crippen LogP contribution is -2.24. The second kappa shape index (κ2) is 7.75. The number of rotatable bonds is 5. The predicted molar refractivity (Wildman–Crippen MR) is 91.3 cm³/mol. The second-order valence-electron chi connectivity index (χ2n) is 4.87. The van der Waals surface area contributed by atoms with E-state index >= 15 is 0 Å². The van der Waals surface area contributed by atoms with Gasteiger partial charge < -0.3 is 4.74 Å². The third-order valence-electron chi connectivity index (χ3n) is 3.00. The highest BCUT2D eigenvalue weighted by atomic mass is 79.9. The van der Waals surface area contributed by atoms with Gasteiger partial charge in [0, 0.05) is 10.0 Å². The van der Waals surface area contributed by atoms with Crippen molar-refractivity contribution in [1.29, 1.82) is 0 Å². The fourth-order valence-corrected chi connectivity index (χ4v) is 2.18. The first-order chi connectivity index (χ1) is 10.6. The van der Waals surface area contributed by atoms with Gasteiger partial charge in [0.05, 0.1) is 6.21 Å². The Morgan fingerprint density at radius 1 is 1.27 bits per heavy atom. The standard InChI is InChI=1S/C17H17BrN2O2/c1-12-7-8-13(2)16(9-12)22-11-17(21)20-19-10-14-5-3-4-6-15(14)18/h3-10H,11H2,1-2H3,(H,20,21)/b19-10-. The number of hydrogen-bond acceptors (Lipinski definition) is 3. The van der Waals surface area contributed by atoms with Crippen LogP contribution in [-0.2, 0) is 4.79 Å². The van der Waals surface area contributed by atoms with E-state index in [2.05, 4.69) is 26.5 Å². The number of benzene rings is 2. The molecule has 1 N–H and O–H groups in total. The zero-order valence-corrected chi connectivity index (χ0v) is 14.1. The molecule has 0 aliphatic heterocycles. The molecule has 0 aliphatic carbocycles. The van der Waals surface area contributed by atoms with E-state index in [1.165, 1.54) is 0 Å². The van der Waals surface area contributed by atoms with Crippen LogP contribution < -0.4 is 10.2 Å². The number of halogens is 1. The third kappa shape index (κ3) is 4.70. The van der Waals surface area contributed by atoms with Gasteiger partial charge in [0.25, 0.3) is 5.91 Å². The van der Waals surface area contributed by atoms with Gasteiger partial charge in [0.15, 0.2) is 6.61 Å². The number of nitrogens with zero attached hydrogens (tertiary/aromatic N) is 1. The molecule has 0 radical (unpaired) electrons. The minimum atomic E-state index is -0.302. The van der Waals surface area contributed by atoms with Crippen molar-refractivity contribution in [3.05, 3.63) is 63.6 Å². The minimum Gasteiger partial charge on any atom is -0.483 e. The fraction of sp³-hybridized carbons (Fsp3) is 0.176. The summed E-state index contributed by atoms with van der Waals surface area (Å²) in [5.74, 6) is 0.411. The SMILES string of the molecule is Cc1ccc(C)c(OCC(=O)N/N=C\c2ccccc2Br)c1. The zero-order chi connectivity index (χ0) is 15.9. The first-order valence-corrected chi connectivity index (χ1v) is 7.62. The van der Waals surface area contributed by atoms with Crippen LogP contribution in [0.15, 0.2) is 52.0 Å². The van der Waals surface area contributed by atoms with Crippen LogP contribution in [0.5, 0.6) is 5.75 Å².